The Morgan fingerprint density at radius 2 is 2.00 bits per heavy atom. The summed E-state index contributed by atoms with van der Waals surface area (Å²) in [7, 11) is 3.10. The van der Waals surface area contributed by atoms with Crippen LogP contribution in [-0.2, 0) is 9.59 Å². The second kappa shape index (κ2) is 9.04. The van der Waals surface area contributed by atoms with Crippen molar-refractivity contribution in [2.24, 2.45) is 9.98 Å². The van der Waals surface area contributed by atoms with E-state index in [1.54, 1.807) is 32.2 Å². The van der Waals surface area contributed by atoms with Crippen molar-refractivity contribution in [3.63, 3.8) is 0 Å². The Kier molecular flexibility index (Phi) is 6.18. The van der Waals surface area contributed by atoms with Crippen LogP contribution in [0.1, 0.15) is 25.8 Å². The van der Waals surface area contributed by atoms with Gasteiger partial charge in [0.2, 0.25) is 5.91 Å². The van der Waals surface area contributed by atoms with Crippen molar-refractivity contribution in [2.75, 3.05) is 19.5 Å². The van der Waals surface area contributed by atoms with Gasteiger partial charge in [0, 0.05) is 11.6 Å². The molecule has 2 atom stereocenters. The lowest BCUT2D eigenvalue weighted by molar-refractivity contribution is -0.124. The minimum atomic E-state index is -0.487. The van der Waals surface area contributed by atoms with Crippen molar-refractivity contribution < 1.29 is 19.1 Å². The molecule has 166 valence electrons. The summed E-state index contributed by atoms with van der Waals surface area (Å²) in [4.78, 5) is 36.7. The summed E-state index contributed by atoms with van der Waals surface area (Å²) in [6, 6.07) is 12.3. The molecule has 0 fully saturated rings. The molecule has 0 radical (unpaired) electrons. The summed E-state index contributed by atoms with van der Waals surface area (Å²) < 4.78 is 10.6. The van der Waals surface area contributed by atoms with Crippen molar-refractivity contribution in [3.8, 4) is 11.5 Å². The number of hydrogen-bond acceptors (Lipinski definition) is 7. The number of anilines is 1. The van der Waals surface area contributed by atoms with Gasteiger partial charge in [-0.1, -0.05) is 30.8 Å². The molecule has 0 bridgehead atoms. The molecule has 0 aliphatic carbocycles. The molecule has 2 aromatic rings. The normalized spacial score (nSPS) is 17.7. The van der Waals surface area contributed by atoms with Crippen LogP contribution in [0.2, 0.25) is 0 Å². The highest BCUT2D eigenvalue weighted by Crippen LogP contribution is 2.36. The fraction of sp³-hybridized carbons (Fsp3) is 0.304. The van der Waals surface area contributed by atoms with Gasteiger partial charge in [-0.05, 0) is 37.6 Å². The van der Waals surface area contributed by atoms with Gasteiger partial charge < -0.3 is 14.8 Å². The number of carbonyl (C=O) groups is 2. The fourth-order valence-electron chi connectivity index (χ4n) is 3.52. The zero-order chi connectivity index (χ0) is 22.8. The van der Waals surface area contributed by atoms with Crippen molar-refractivity contribution in [1.82, 2.24) is 4.90 Å². The molecule has 0 aromatic heterocycles. The molecule has 2 aromatic carbocycles. The summed E-state index contributed by atoms with van der Waals surface area (Å²) >= 11 is 1.26. The maximum atomic E-state index is 13.1. The number of rotatable bonds is 6. The highest BCUT2D eigenvalue weighted by atomic mass is 32.2. The Morgan fingerprint density at radius 1 is 1.22 bits per heavy atom. The van der Waals surface area contributed by atoms with Gasteiger partial charge in [-0.15, -0.1) is 0 Å². The first-order chi connectivity index (χ1) is 15.5. The monoisotopic (exact) mass is 452 g/mol. The van der Waals surface area contributed by atoms with E-state index in [-0.39, 0.29) is 11.8 Å². The van der Waals surface area contributed by atoms with Gasteiger partial charge in [-0.25, -0.2) is 9.89 Å². The van der Waals surface area contributed by atoms with E-state index >= 15 is 0 Å². The lowest BCUT2D eigenvalue weighted by Crippen LogP contribution is -2.42. The predicted octanol–water partition coefficient (Wildman–Crippen LogP) is 3.83. The molecule has 2 aliphatic heterocycles. The van der Waals surface area contributed by atoms with Crippen LogP contribution in [0.25, 0.3) is 0 Å². The van der Waals surface area contributed by atoms with Crippen LogP contribution in [0.3, 0.4) is 0 Å². The van der Waals surface area contributed by atoms with E-state index in [9.17, 15) is 9.59 Å². The summed E-state index contributed by atoms with van der Waals surface area (Å²) in [5.41, 5.74) is 2.09. The van der Waals surface area contributed by atoms with E-state index in [1.165, 1.54) is 23.8 Å². The number of fused-ring (bicyclic) bond motifs is 3. The first-order valence-electron chi connectivity index (χ1n) is 10.3. The topological polar surface area (TPSA) is 92.6 Å². The van der Waals surface area contributed by atoms with Crippen molar-refractivity contribution in [3.05, 3.63) is 48.0 Å². The highest BCUT2D eigenvalue weighted by molar-refractivity contribution is 8.15. The second-order valence-electron chi connectivity index (χ2n) is 7.28. The number of ether oxygens (including phenoxy) is 2. The molecule has 32 heavy (non-hydrogen) atoms. The van der Waals surface area contributed by atoms with E-state index in [4.69, 9.17) is 9.47 Å². The molecular weight excluding hydrogens is 428 g/mol. The molecule has 2 amide bonds. The predicted molar refractivity (Wildman–Crippen MR) is 126 cm³/mol. The lowest BCUT2D eigenvalue weighted by Gasteiger charge is -2.27. The Labute approximate surface area is 190 Å². The quantitative estimate of drug-likeness (QED) is 0.719. The number of carbonyl (C=O) groups excluding carboxylic acids is 2. The molecule has 0 unspecified atom stereocenters. The number of methoxy groups -OCH3 is 2. The average Bonchev–Trinajstić information content (AvgIpc) is 3.12. The van der Waals surface area contributed by atoms with Gasteiger partial charge in [0.25, 0.3) is 5.91 Å². The zero-order valence-electron chi connectivity index (χ0n) is 18.3. The number of aliphatic imine (C=N–C) groups is 2. The third-order valence-corrected chi connectivity index (χ3v) is 6.55. The van der Waals surface area contributed by atoms with Crippen LogP contribution in [0.15, 0.2) is 52.4 Å². The van der Waals surface area contributed by atoms with Gasteiger partial charge in [0.1, 0.15) is 23.4 Å². The fourth-order valence-corrected chi connectivity index (χ4v) is 4.54. The van der Waals surface area contributed by atoms with Crippen molar-refractivity contribution in [2.45, 2.75) is 31.6 Å². The maximum Gasteiger partial charge on any atom is 0.258 e. The Bertz CT molecular complexity index is 1130. The SMILES string of the molecule is CC[C@H](SC1=Nc2ccccc2C2=N[C@H](C)C(=O)N12)C(=O)Nc1ccc(OC)cc1OC. The number of nitrogens with one attached hydrogen (secondary N) is 1. The molecule has 0 saturated heterocycles. The molecular formula is C23H24N4O4S. The summed E-state index contributed by atoms with van der Waals surface area (Å²) in [6.07, 6.45) is 0.541. The van der Waals surface area contributed by atoms with E-state index < -0.39 is 11.3 Å². The number of amidine groups is 2. The van der Waals surface area contributed by atoms with Crippen LogP contribution < -0.4 is 14.8 Å². The first-order valence-corrected chi connectivity index (χ1v) is 11.1. The molecule has 9 heteroatoms. The van der Waals surface area contributed by atoms with E-state index in [0.29, 0.717) is 34.6 Å². The molecule has 2 heterocycles. The second-order valence-corrected chi connectivity index (χ2v) is 8.45. The molecule has 1 N–H and O–H groups in total. The van der Waals surface area contributed by atoms with Gasteiger partial charge in [-0.2, -0.15) is 0 Å². The summed E-state index contributed by atoms with van der Waals surface area (Å²) in [5, 5.41) is 2.91. The summed E-state index contributed by atoms with van der Waals surface area (Å²) in [6.45, 7) is 3.68. The van der Waals surface area contributed by atoms with Gasteiger partial charge in [0.15, 0.2) is 5.17 Å². The maximum absolute atomic E-state index is 13.1. The van der Waals surface area contributed by atoms with Crippen molar-refractivity contribution in [1.29, 1.82) is 0 Å². The lowest BCUT2D eigenvalue weighted by atomic mass is 10.1. The van der Waals surface area contributed by atoms with Crippen LogP contribution >= 0.6 is 11.8 Å². The van der Waals surface area contributed by atoms with E-state index in [2.05, 4.69) is 15.3 Å². The van der Waals surface area contributed by atoms with Crippen molar-refractivity contribution >= 4 is 46.0 Å². The number of amides is 2. The minimum absolute atomic E-state index is 0.146. The number of benzene rings is 2. The van der Waals surface area contributed by atoms with E-state index in [1.807, 2.05) is 31.2 Å². The van der Waals surface area contributed by atoms with Crippen LogP contribution in [-0.4, -0.2) is 53.2 Å². The zero-order valence-corrected chi connectivity index (χ0v) is 19.1. The molecule has 2 aliphatic rings. The third kappa shape index (κ3) is 3.95. The van der Waals surface area contributed by atoms with Gasteiger partial charge in [-0.3, -0.25) is 14.6 Å². The Balaban J connectivity index is 1.60. The number of hydrogen-bond donors (Lipinski definition) is 1. The van der Waals surface area contributed by atoms with Gasteiger partial charge in [0.05, 0.1) is 30.8 Å². The van der Waals surface area contributed by atoms with Crippen LogP contribution in [0, 0.1) is 0 Å². The number of nitrogens with zero attached hydrogens (tertiary/aromatic N) is 3. The third-order valence-electron chi connectivity index (χ3n) is 5.24. The summed E-state index contributed by atoms with van der Waals surface area (Å²) in [5.74, 6) is 1.36. The Hall–Kier alpha value is -3.33. The molecule has 8 nitrogen and oxygen atoms in total. The number of para-hydroxylation sites is 1. The van der Waals surface area contributed by atoms with Crippen LogP contribution in [0.5, 0.6) is 11.5 Å². The minimum Gasteiger partial charge on any atom is -0.497 e. The average molecular weight is 453 g/mol. The van der Waals surface area contributed by atoms with Crippen LogP contribution in [0.4, 0.5) is 11.4 Å². The molecule has 4 rings (SSSR count). The molecule has 0 saturated carbocycles. The number of thioether (sulfide) groups is 1. The van der Waals surface area contributed by atoms with Gasteiger partial charge >= 0.3 is 0 Å². The molecule has 0 spiro atoms. The first kappa shape index (κ1) is 21.9. The largest absolute Gasteiger partial charge is 0.497 e. The van der Waals surface area contributed by atoms with E-state index in [0.717, 1.165) is 11.3 Å². The Morgan fingerprint density at radius 3 is 2.72 bits per heavy atom. The highest BCUT2D eigenvalue weighted by Gasteiger charge is 2.40. The standard InChI is InChI=1S/C23H24N4O4S/c1-5-19(21(28)25-17-11-10-14(30-3)12-18(17)31-4)32-23-26-16-9-7-6-8-15(16)20-24-13(2)22(29)27(20)23/h6-13,19H,5H2,1-4H3,(H,25,28)/t13-,19+/m1/s1. The smallest absolute Gasteiger partial charge is 0.258 e.